The first-order valence-corrected chi connectivity index (χ1v) is 6.21. The summed E-state index contributed by atoms with van der Waals surface area (Å²) in [6.07, 6.45) is 4.30. The highest BCUT2D eigenvalue weighted by Crippen LogP contribution is 2.29. The SMILES string of the molecule is Fc1ccc(C2CCN(c3ncccn3)C2)cc1F. The Morgan fingerprint density at radius 3 is 2.63 bits per heavy atom. The van der Waals surface area contributed by atoms with Crippen LogP contribution in [-0.2, 0) is 0 Å². The van der Waals surface area contributed by atoms with E-state index in [9.17, 15) is 8.78 Å². The Morgan fingerprint density at radius 2 is 1.89 bits per heavy atom. The Bertz CT molecular complexity index is 574. The monoisotopic (exact) mass is 261 g/mol. The molecule has 1 atom stereocenters. The Labute approximate surface area is 109 Å². The zero-order valence-electron chi connectivity index (χ0n) is 10.3. The van der Waals surface area contributed by atoms with Gasteiger partial charge in [0.15, 0.2) is 11.6 Å². The third-order valence-corrected chi connectivity index (χ3v) is 3.44. The van der Waals surface area contributed by atoms with E-state index in [2.05, 4.69) is 14.9 Å². The van der Waals surface area contributed by atoms with Gasteiger partial charge in [0.1, 0.15) is 0 Å². The Morgan fingerprint density at radius 1 is 1.11 bits per heavy atom. The smallest absolute Gasteiger partial charge is 0.225 e. The summed E-state index contributed by atoms with van der Waals surface area (Å²) in [6, 6.07) is 5.90. The third kappa shape index (κ3) is 2.41. The van der Waals surface area contributed by atoms with E-state index in [-0.39, 0.29) is 5.92 Å². The molecular weight excluding hydrogens is 248 g/mol. The highest BCUT2D eigenvalue weighted by atomic mass is 19.2. The van der Waals surface area contributed by atoms with Gasteiger partial charge in [0.2, 0.25) is 5.95 Å². The molecule has 1 saturated heterocycles. The fourth-order valence-corrected chi connectivity index (χ4v) is 2.43. The summed E-state index contributed by atoms with van der Waals surface area (Å²) in [6.45, 7) is 1.56. The van der Waals surface area contributed by atoms with Crippen molar-refractivity contribution in [1.29, 1.82) is 0 Å². The van der Waals surface area contributed by atoms with Gasteiger partial charge in [-0.2, -0.15) is 0 Å². The summed E-state index contributed by atoms with van der Waals surface area (Å²) in [5.41, 5.74) is 0.831. The number of hydrogen-bond donors (Lipinski definition) is 0. The van der Waals surface area contributed by atoms with Crippen LogP contribution >= 0.6 is 0 Å². The molecule has 1 aliphatic heterocycles. The van der Waals surface area contributed by atoms with E-state index in [1.807, 2.05) is 0 Å². The van der Waals surface area contributed by atoms with Crippen molar-refractivity contribution in [2.45, 2.75) is 12.3 Å². The topological polar surface area (TPSA) is 29.0 Å². The van der Waals surface area contributed by atoms with Crippen LogP contribution in [0.15, 0.2) is 36.7 Å². The number of halogens is 2. The molecule has 1 aliphatic rings. The molecule has 0 amide bonds. The number of hydrogen-bond acceptors (Lipinski definition) is 3. The van der Waals surface area contributed by atoms with Crippen molar-refractivity contribution >= 4 is 5.95 Å². The molecule has 0 saturated carbocycles. The van der Waals surface area contributed by atoms with Gasteiger partial charge in [-0.3, -0.25) is 0 Å². The maximum absolute atomic E-state index is 13.2. The molecule has 0 bridgehead atoms. The second-order valence-corrected chi connectivity index (χ2v) is 4.65. The summed E-state index contributed by atoms with van der Waals surface area (Å²) in [5.74, 6) is -0.705. The van der Waals surface area contributed by atoms with Crippen LogP contribution in [0, 0.1) is 11.6 Å². The van der Waals surface area contributed by atoms with E-state index in [1.165, 1.54) is 12.1 Å². The second-order valence-electron chi connectivity index (χ2n) is 4.65. The van der Waals surface area contributed by atoms with Gasteiger partial charge in [-0.1, -0.05) is 6.07 Å². The van der Waals surface area contributed by atoms with Crippen molar-refractivity contribution in [1.82, 2.24) is 9.97 Å². The van der Waals surface area contributed by atoms with Crippen molar-refractivity contribution in [2.24, 2.45) is 0 Å². The van der Waals surface area contributed by atoms with E-state index in [1.54, 1.807) is 24.5 Å². The quantitative estimate of drug-likeness (QED) is 0.832. The predicted molar refractivity (Wildman–Crippen MR) is 68.0 cm³/mol. The third-order valence-electron chi connectivity index (χ3n) is 3.44. The first kappa shape index (κ1) is 12.0. The van der Waals surface area contributed by atoms with Gasteiger partial charge in [-0.15, -0.1) is 0 Å². The zero-order chi connectivity index (χ0) is 13.2. The first-order chi connectivity index (χ1) is 9.24. The number of rotatable bonds is 2. The molecule has 0 N–H and O–H groups in total. The molecule has 1 aromatic carbocycles. The van der Waals surface area contributed by atoms with Crippen LogP contribution in [-0.4, -0.2) is 23.1 Å². The summed E-state index contributed by atoms with van der Waals surface area (Å²) in [7, 11) is 0. The van der Waals surface area contributed by atoms with E-state index >= 15 is 0 Å². The maximum atomic E-state index is 13.2. The number of benzene rings is 1. The zero-order valence-corrected chi connectivity index (χ0v) is 10.3. The number of aromatic nitrogens is 2. The Hall–Kier alpha value is -2.04. The van der Waals surface area contributed by atoms with Gasteiger partial charge in [0, 0.05) is 31.4 Å². The second kappa shape index (κ2) is 4.91. The van der Waals surface area contributed by atoms with Gasteiger partial charge in [0.05, 0.1) is 0 Å². The van der Waals surface area contributed by atoms with E-state index < -0.39 is 11.6 Å². The minimum Gasteiger partial charge on any atom is -0.340 e. The highest BCUT2D eigenvalue weighted by Gasteiger charge is 2.25. The van der Waals surface area contributed by atoms with Crippen LogP contribution in [0.4, 0.5) is 14.7 Å². The lowest BCUT2D eigenvalue weighted by atomic mass is 9.98. The van der Waals surface area contributed by atoms with Crippen molar-refractivity contribution in [3.05, 3.63) is 53.9 Å². The maximum Gasteiger partial charge on any atom is 0.225 e. The molecule has 5 heteroatoms. The summed E-state index contributed by atoms with van der Waals surface area (Å²) in [5, 5.41) is 0. The summed E-state index contributed by atoms with van der Waals surface area (Å²) in [4.78, 5) is 10.5. The van der Waals surface area contributed by atoms with Gasteiger partial charge in [-0.05, 0) is 30.2 Å². The van der Waals surface area contributed by atoms with Crippen molar-refractivity contribution < 1.29 is 8.78 Å². The van der Waals surface area contributed by atoms with Crippen molar-refractivity contribution in [3.8, 4) is 0 Å². The lowest BCUT2D eigenvalue weighted by Crippen LogP contribution is -2.21. The largest absolute Gasteiger partial charge is 0.340 e. The van der Waals surface area contributed by atoms with Crippen molar-refractivity contribution in [3.63, 3.8) is 0 Å². The molecule has 1 fully saturated rings. The van der Waals surface area contributed by atoms with Crippen LogP contribution < -0.4 is 4.90 Å². The van der Waals surface area contributed by atoms with Crippen molar-refractivity contribution in [2.75, 3.05) is 18.0 Å². The summed E-state index contributed by atoms with van der Waals surface area (Å²) < 4.78 is 26.2. The average molecular weight is 261 g/mol. The number of nitrogens with zero attached hydrogens (tertiary/aromatic N) is 3. The fraction of sp³-hybridized carbons (Fsp3) is 0.286. The molecule has 0 spiro atoms. The van der Waals surface area contributed by atoms with Crippen LogP contribution in [0.5, 0.6) is 0 Å². The molecular formula is C14H13F2N3. The van der Waals surface area contributed by atoms with Crippen LogP contribution in [0.25, 0.3) is 0 Å². The lowest BCUT2D eigenvalue weighted by molar-refractivity contribution is 0.505. The van der Waals surface area contributed by atoms with Crippen LogP contribution in [0.3, 0.4) is 0 Å². The molecule has 2 aromatic rings. The predicted octanol–water partition coefficient (Wildman–Crippen LogP) is 2.75. The lowest BCUT2D eigenvalue weighted by Gasteiger charge is -2.16. The molecule has 19 heavy (non-hydrogen) atoms. The van der Waals surface area contributed by atoms with E-state index in [0.29, 0.717) is 5.95 Å². The molecule has 0 aliphatic carbocycles. The van der Waals surface area contributed by atoms with Gasteiger partial charge >= 0.3 is 0 Å². The fourth-order valence-electron chi connectivity index (χ4n) is 2.43. The minimum absolute atomic E-state index is 0.193. The van der Waals surface area contributed by atoms with E-state index in [4.69, 9.17) is 0 Å². The minimum atomic E-state index is -0.801. The molecule has 3 nitrogen and oxygen atoms in total. The Balaban J connectivity index is 1.77. The molecule has 1 unspecified atom stereocenters. The number of anilines is 1. The molecule has 1 aromatic heterocycles. The van der Waals surface area contributed by atoms with Gasteiger partial charge < -0.3 is 4.90 Å². The first-order valence-electron chi connectivity index (χ1n) is 6.21. The molecule has 2 heterocycles. The summed E-state index contributed by atoms with van der Waals surface area (Å²) >= 11 is 0. The van der Waals surface area contributed by atoms with Gasteiger partial charge in [-0.25, -0.2) is 18.7 Å². The average Bonchev–Trinajstić information content (AvgIpc) is 2.93. The van der Waals surface area contributed by atoms with Gasteiger partial charge in [0.25, 0.3) is 0 Å². The molecule has 98 valence electrons. The van der Waals surface area contributed by atoms with Crippen LogP contribution in [0.1, 0.15) is 17.9 Å². The van der Waals surface area contributed by atoms with Crippen LogP contribution in [0.2, 0.25) is 0 Å². The highest BCUT2D eigenvalue weighted by molar-refractivity contribution is 5.34. The standard InChI is InChI=1S/C14H13F2N3/c15-12-3-2-10(8-13(12)16)11-4-7-19(9-11)14-17-5-1-6-18-14/h1-3,5-6,8,11H,4,7,9H2. The molecule has 0 radical (unpaired) electrons. The Kier molecular flexibility index (Phi) is 3.11. The van der Waals surface area contributed by atoms with E-state index in [0.717, 1.165) is 25.1 Å². The normalized spacial score (nSPS) is 18.8. The molecule has 3 rings (SSSR count).